The third-order valence-electron chi connectivity index (χ3n) is 7.30. The number of carbonyl (C=O) groups is 2. The van der Waals surface area contributed by atoms with Crippen molar-refractivity contribution in [2.24, 2.45) is 17.8 Å². The summed E-state index contributed by atoms with van der Waals surface area (Å²) in [7, 11) is 0. The van der Waals surface area contributed by atoms with Crippen LogP contribution in [0.3, 0.4) is 0 Å². The van der Waals surface area contributed by atoms with Gasteiger partial charge in [0.2, 0.25) is 0 Å². The molecule has 5 atom stereocenters. The Labute approximate surface area is 211 Å². The van der Waals surface area contributed by atoms with Crippen molar-refractivity contribution in [2.45, 2.75) is 103 Å². The fraction of sp³-hybridized carbons (Fsp3) is 0.793. The second kappa shape index (κ2) is 15.5. The number of ether oxygens (including phenoxy) is 4. The standard InChI is InChI=1S/C29H46O6/c1-3-5-7-8-10-23-13-11-22(9-6-4-2)12-14-24(15-16-28(30)34-20-25-18-32-25)27(23)17-29(31)35-21-26-19-33-26/h10,12,14,22,24-27H,3-9,11,13,15-21H2,1-2H3. The topological polar surface area (TPSA) is 77.7 Å². The summed E-state index contributed by atoms with van der Waals surface area (Å²) < 4.78 is 21.3. The van der Waals surface area contributed by atoms with Crippen molar-refractivity contribution in [3.05, 3.63) is 23.8 Å². The first-order valence-electron chi connectivity index (χ1n) is 14.0. The minimum atomic E-state index is -0.181. The first-order chi connectivity index (χ1) is 17.1. The average Bonchev–Trinajstić information content (AvgIpc) is 3.76. The van der Waals surface area contributed by atoms with E-state index in [1.54, 1.807) is 0 Å². The highest BCUT2D eigenvalue weighted by atomic mass is 16.6. The van der Waals surface area contributed by atoms with Crippen molar-refractivity contribution in [1.29, 1.82) is 0 Å². The third-order valence-corrected chi connectivity index (χ3v) is 7.30. The molecule has 3 aliphatic rings. The average molecular weight is 491 g/mol. The molecule has 2 aliphatic heterocycles. The fourth-order valence-corrected chi connectivity index (χ4v) is 4.86. The molecule has 2 heterocycles. The van der Waals surface area contributed by atoms with Crippen LogP contribution in [0.4, 0.5) is 0 Å². The maximum absolute atomic E-state index is 12.8. The minimum absolute atomic E-state index is 0.0622. The molecule has 0 bridgehead atoms. The molecular weight excluding hydrogens is 444 g/mol. The van der Waals surface area contributed by atoms with Gasteiger partial charge in [0.05, 0.1) is 19.6 Å². The third kappa shape index (κ3) is 11.3. The Morgan fingerprint density at radius 2 is 1.63 bits per heavy atom. The molecule has 35 heavy (non-hydrogen) atoms. The molecular formula is C29H46O6. The van der Waals surface area contributed by atoms with Gasteiger partial charge < -0.3 is 18.9 Å². The van der Waals surface area contributed by atoms with Crippen molar-refractivity contribution >= 4 is 11.9 Å². The van der Waals surface area contributed by atoms with Crippen LogP contribution < -0.4 is 0 Å². The summed E-state index contributed by atoms with van der Waals surface area (Å²) in [6, 6.07) is 0. The molecule has 3 rings (SSSR count). The van der Waals surface area contributed by atoms with Crippen molar-refractivity contribution in [1.82, 2.24) is 0 Å². The molecule has 0 spiro atoms. The summed E-state index contributed by atoms with van der Waals surface area (Å²) in [5.74, 6) is 0.382. The quantitative estimate of drug-likeness (QED) is 0.115. The molecule has 0 aromatic heterocycles. The number of carbonyl (C=O) groups excluding carboxylic acids is 2. The van der Waals surface area contributed by atoms with Gasteiger partial charge in [0.25, 0.3) is 0 Å². The zero-order valence-electron chi connectivity index (χ0n) is 21.9. The maximum Gasteiger partial charge on any atom is 0.306 e. The molecule has 0 saturated carbocycles. The van der Waals surface area contributed by atoms with E-state index in [1.165, 1.54) is 44.1 Å². The Bertz CT molecular complexity index is 706. The molecule has 0 amide bonds. The number of hydrogen-bond acceptors (Lipinski definition) is 6. The zero-order chi connectivity index (χ0) is 24.9. The zero-order valence-corrected chi connectivity index (χ0v) is 21.9. The predicted octanol–water partition coefficient (Wildman–Crippen LogP) is 5.94. The molecule has 2 saturated heterocycles. The SMILES string of the molecule is CCCCCC=C1CCC(CCCC)C=CC(CCC(=O)OCC2CO2)C1CC(=O)OCC1CO1. The lowest BCUT2D eigenvalue weighted by atomic mass is 9.75. The van der Waals surface area contributed by atoms with Crippen LogP contribution in [0.2, 0.25) is 0 Å². The highest BCUT2D eigenvalue weighted by molar-refractivity contribution is 5.71. The molecule has 6 nitrogen and oxygen atoms in total. The lowest BCUT2D eigenvalue weighted by Crippen LogP contribution is -2.24. The summed E-state index contributed by atoms with van der Waals surface area (Å²) in [4.78, 5) is 25.2. The van der Waals surface area contributed by atoms with Gasteiger partial charge in [-0.25, -0.2) is 0 Å². The van der Waals surface area contributed by atoms with Crippen LogP contribution in [0, 0.1) is 17.8 Å². The number of esters is 2. The van der Waals surface area contributed by atoms with Gasteiger partial charge in [-0.2, -0.15) is 0 Å². The molecule has 0 radical (unpaired) electrons. The number of unbranched alkanes of at least 4 members (excludes halogenated alkanes) is 4. The number of hydrogen-bond donors (Lipinski definition) is 0. The molecule has 0 aromatic carbocycles. The van der Waals surface area contributed by atoms with Crippen LogP contribution in [0.5, 0.6) is 0 Å². The normalized spacial score (nSPS) is 28.9. The Morgan fingerprint density at radius 1 is 0.943 bits per heavy atom. The summed E-state index contributed by atoms with van der Waals surface area (Å²) >= 11 is 0. The minimum Gasteiger partial charge on any atom is -0.463 e. The lowest BCUT2D eigenvalue weighted by molar-refractivity contribution is -0.145. The van der Waals surface area contributed by atoms with E-state index in [0.29, 0.717) is 51.6 Å². The Kier molecular flexibility index (Phi) is 12.3. The van der Waals surface area contributed by atoms with Crippen molar-refractivity contribution in [3.63, 3.8) is 0 Å². The first-order valence-corrected chi connectivity index (χ1v) is 14.0. The molecule has 6 heteroatoms. The van der Waals surface area contributed by atoms with E-state index in [4.69, 9.17) is 18.9 Å². The summed E-state index contributed by atoms with van der Waals surface area (Å²) in [6.07, 6.45) is 18.9. The first kappa shape index (κ1) is 27.9. The summed E-state index contributed by atoms with van der Waals surface area (Å²) in [5, 5.41) is 0. The van der Waals surface area contributed by atoms with Gasteiger partial charge in [0.15, 0.2) is 0 Å². The van der Waals surface area contributed by atoms with Crippen LogP contribution in [0.15, 0.2) is 23.8 Å². The van der Waals surface area contributed by atoms with E-state index in [2.05, 4.69) is 32.1 Å². The molecule has 0 N–H and O–H groups in total. The Morgan fingerprint density at radius 3 is 2.29 bits per heavy atom. The number of epoxide rings is 2. The van der Waals surface area contributed by atoms with E-state index in [0.717, 1.165) is 19.3 Å². The van der Waals surface area contributed by atoms with Crippen LogP contribution in [0.1, 0.15) is 90.9 Å². The second-order valence-electron chi connectivity index (χ2n) is 10.4. The second-order valence-corrected chi connectivity index (χ2v) is 10.4. The van der Waals surface area contributed by atoms with Gasteiger partial charge >= 0.3 is 11.9 Å². The fourth-order valence-electron chi connectivity index (χ4n) is 4.86. The van der Waals surface area contributed by atoms with Gasteiger partial charge in [-0.05, 0) is 56.3 Å². The number of allylic oxidation sites excluding steroid dienone is 4. The van der Waals surface area contributed by atoms with Gasteiger partial charge in [-0.1, -0.05) is 63.3 Å². The molecule has 1 aliphatic carbocycles. The van der Waals surface area contributed by atoms with E-state index in [9.17, 15) is 9.59 Å². The van der Waals surface area contributed by atoms with Crippen molar-refractivity contribution in [2.75, 3.05) is 26.4 Å². The van der Waals surface area contributed by atoms with Crippen molar-refractivity contribution < 1.29 is 28.5 Å². The van der Waals surface area contributed by atoms with Crippen LogP contribution in [-0.2, 0) is 28.5 Å². The van der Waals surface area contributed by atoms with E-state index < -0.39 is 0 Å². The maximum atomic E-state index is 12.8. The van der Waals surface area contributed by atoms with Gasteiger partial charge in [-0.15, -0.1) is 0 Å². The van der Waals surface area contributed by atoms with Crippen molar-refractivity contribution in [3.8, 4) is 0 Å². The Balaban J connectivity index is 1.71. The molecule has 2 fully saturated rings. The van der Waals surface area contributed by atoms with Crippen LogP contribution in [0.25, 0.3) is 0 Å². The summed E-state index contributed by atoms with van der Waals surface area (Å²) in [5.41, 5.74) is 1.37. The van der Waals surface area contributed by atoms with E-state index in [1.807, 2.05) is 0 Å². The largest absolute Gasteiger partial charge is 0.463 e. The molecule has 198 valence electrons. The highest BCUT2D eigenvalue weighted by Crippen LogP contribution is 2.37. The Hall–Kier alpha value is -1.66. The monoisotopic (exact) mass is 490 g/mol. The summed E-state index contributed by atoms with van der Waals surface area (Å²) in [6.45, 7) is 6.51. The highest BCUT2D eigenvalue weighted by Gasteiger charge is 2.31. The van der Waals surface area contributed by atoms with Gasteiger partial charge in [0.1, 0.15) is 25.4 Å². The smallest absolute Gasteiger partial charge is 0.306 e. The molecule has 0 aromatic rings. The van der Waals surface area contributed by atoms with E-state index >= 15 is 0 Å². The van der Waals surface area contributed by atoms with Gasteiger partial charge in [0, 0.05) is 6.42 Å². The van der Waals surface area contributed by atoms with Crippen LogP contribution in [-0.4, -0.2) is 50.6 Å². The molecule has 5 unspecified atom stereocenters. The number of rotatable bonds is 16. The lowest BCUT2D eigenvalue weighted by Gasteiger charge is -2.30. The predicted molar refractivity (Wildman–Crippen MR) is 136 cm³/mol. The van der Waals surface area contributed by atoms with Gasteiger partial charge in [-0.3, -0.25) is 9.59 Å². The van der Waals surface area contributed by atoms with E-state index in [-0.39, 0.29) is 36.0 Å². The van der Waals surface area contributed by atoms with Crippen LogP contribution >= 0.6 is 0 Å².